The minimum absolute atomic E-state index is 0.658. The molecule has 0 saturated carbocycles. The van der Waals surface area contributed by atoms with E-state index in [-0.39, 0.29) is 0 Å². The van der Waals surface area contributed by atoms with Gasteiger partial charge in [-0.15, -0.1) is 0 Å². The largest absolute Gasteiger partial charge is 0.314 e. The summed E-state index contributed by atoms with van der Waals surface area (Å²) in [5.74, 6) is 0.684. The summed E-state index contributed by atoms with van der Waals surface area (Å²) < 4.78 is 2.07. The van der Waals surface area contributed by atoms with Gasteiger partial charge in [-0.3, -0.25) is 4.68 Å². The number of hydrogen-bond donors (Lipinski definition) is 1. The molecular formula is C14H25ClN4. The number of hydrogen-bond acceptors (Lipinski definition) is 3. The lowest BCUT2D eigenvalue weighted by molar-refractivity contribution is 0.313. The highest BCUT2D eigenvalue weighted by Gasteiger charge is 2.21. The smallest absolute Gasteiger partial charge is 0.0817 e. The Morgan fingerprint density at radius 1 is 1.47 bits per heavy atom. The van der Waals surface area contributed by atoms with Gasteiger partial charge >= 0.3 is 0 Å². The quantitative estimate of drug-likeness (QED) is 0.898. The van der Waals surface area contributed by atoms with Gasteiger partial charge in [-0.05, 0) is 52.7 Å². The van der Waals surface area contributed by atoms with Gasteiger partial charge in [0, 0.05) is 12.6 Å². The van der Waals surface area contributed by atoms with Crippen LogP contribution in [0.5, 0.6) is 0 Å². The third kappa shape index (κ3) is 4.20. The summed E-state index contributed by atoms with van der Waals surface area (Å²) >= 11 is 6.29. The molecule has 1 aromatic heterocycles. The average molecular weight is 285 g/mol. The van der Waals surface area contributed by atoms with Crippen LogP contribution >= 0.6 is 11.6 Å². The summed E-state index contributed by atoms with van der Waals surface area (Å²) in [5.41, 5.74) is 1.20. The SMILES string of the molecule is CC1CCC(Cc2c(Cl)cnn2CCN(C)C)CN1. The second-order valence-electron chi connectivity index (χ2n) is 5.92. The molecule has 2 heterocycles. The van der Waals surface area contributed by atoms with E-state index >= 15 is 0 Å². The Morgan fingerprint density at radius 2 is 2.26 bits per heavy atom. The molecule has 1 N–H and O–H groups in total. The van der Waals surface area contributed by atoms with E-state index in [1.807, 2.05) is 0 Å². The molecule has 0 aromatic carbocycles. The number of piperidine rings is 1. The number of halogens is 1. The molecule has 1 aliphatic rings. The van der Waals surface area contributed by atoms with Crippen LogP contribution in [0.4, 0.5) is 0 Å². The van der Waals surface area contributed by atoms with Gasteiger partial charge < -0.3 is 10.2 Å². The van der Waals surface area contributed by atoms with E-state index in [4.69, 9.17) is 11.6 Å². The van der Waals surface area contributed by atoms with Gasteiger partial charge in [0.25, 0.3) is 0 Å². The third-order valence-corrected chi connectivity index (χ3v) is 4.22. The molecule has 0 aliphatic carbocycles. The average Bonchev–Trinajstić information content (AvgIpc) is 2.71. The van der Waals surface area contributed by atoms with Crippen LogP contribution in [0.15, 0.2) is 6.20 Å². The van der Waals surface area contributed by atoms with Gasteiger partial charge in [0.05, 0.1) is 23.5 Å². The van der Waals surface area contributed by atoms with Crippen LogP contribution in [-0.2, 0) is 13.0 Å². The Kier molecular flexibility index (Phi) is 5.25. The summed E-state index contributed by atoms with van der Waals surface area (Å²) in [7, 11) is 4.16. The summed E-state index contributed by atoms with van der Waals surface area (Å²) in [5, 5.41) is 8.78. The molecule has 0 bridgehead atoms. The van der Waals surface area contributed by atoms with E-state index in [1.165, 1.54) is 18.5 Å². The van der Waals surface area contributed by atoms with E-state index < -0.39 is 0 Å². The van der Waals surface area contributed by atoms with E-state index in [0.29, 0.717) is 12.0 Å². The molecule has 4 nitrogen and oxygen atoms in total. The van der Waals surface area contributed by atoms with Crippen LogP contribution in [0, 0.1) is 5.92 Å². The number of likely N-dealkylation sites (N-methyl/N-ethyl adjacent to an activating group) is 1. The Labute approximate surface area is 121 Å². The van der Waals surface area contributed by atoms with Crippen molar-refractivity contribution in [1.29, 1.82) is 0 Å². The van der Waals surface area contributed by atoms with Gasteiger partial charge in [0.1, 0.15) is 0 Å². The maximum atomic E-state index is 6.29. The fraction of sp³-hybridized carbons (Fsp3) is 0.786. The number of aromatic nitrogens is 2. The Balaban J connectivity index is 1.96. The first-order chi connectivity index (χ1) is 9.06. The first-order valence-electron chi connectivity index (χ1n) is 7.14. The topological polar surface area (TPSA) is 33.1 Å². The Morgan fingerprint density at radius 3 is 2.89 bits per heavy atom. The molecule has 19 heavy (non-hydrogen) atoms. The van der Waals surface area contributed by atoms with Crippen LogP contribution in [0.25, 0.3) is 0 Å². The van der Waals surface area contributed by atoms with Crippen LogP contribution in [-0.4, -0.2) is 47.9 Å². The predicted octanol–water partition coefficient (Wildman–Crippen LogP) is 2.03. The molecule has 0 amide bonds. The van der Waals surface area contributed by atoms with E-state index in [0.717, 1.165) is 31.1 Å². The summed E-state index contributed by atoms with van der Waals surface area (Å²) in [6.45, 7) is 5.25. The summed E-state index contributed by atoms with van der Waals surface area (Å²) in [4.78, 5) is 2.17. The first kappa shape index (κ1) is 14.8. The van der Waals surface area contributed by atoms with Crippen molar-refractivity contribution < 1.29 is 0 Å². The number of nitrogens with one attached hydrogen (secondary N) is 1. The minimum Gasteiger partial charge on any atom is -0.314 e. The number of rotatable bonds is 5. The van der Waals surface area contributed by atoms with Crippen molar-refractivity contribution in [3.05, 3.63) is 16.9 Å². The first-order valence-corrected chi connectivity index (χ1v) is 7.52. The van der Waals surface area contributed by atoms with Crippen molar-refractivity contribution >= 4 is 11.6 Å². The van der Waals surface area contributed by atoms with Crippen molar-refractivity contribution in [3.63, 3.8) is 0 Å². The van der Waals surface area contributed by atoms with Gasteiger partial charge in [0.2, 0.25) is 0 Å². The zero-order chi connectivity index (χ0) is 13.8. The third-order valence-electron chi connectivity index (χ3n) is 3.90. The molecule has 2 atom stereocenters. The number of nitrogens with zero attached hydrogens (tertiary/aromatic N) is 3. The molecular weight excluding hydrogens is 260 g/mol. The monoisotopic (exact) mass is 284 g/mol. The van der Waals surface area contributed by atoms with Gasteiger partial charge in [-0.1, -0.05) is 11.6 Å². The second-order valence-corrected chi connectivity index (χ2v) is 6.33. The van der Waals surface area contributed by atoms with Crippen LogP contribution in [0.3, 0.4) is 0 Å². The second kappa shape index (κ2) is 6.73. The lowest BCUT2D eigenvalue weighted by Gasteiger charge is -2.28. The zero-order valence-corrected chi connectivity index (χ0v) is 13.0. The summed E-state index contributed by atoms with van der Waals surface area (Å²) in [6.07, 6.45) is 5.36. The highest BCUT2D eigenvalue weighted by molar-refractivity contribution is 6.31. The van der Waals surface area contributed by atoms with Crippen LogP contribution in [0.2, 0.25) is 5.02 Å². The highest BCUT2D eigenvalue weighted by Crippen LogP contribution is 2.23. The molecule has 1 fully saturated rings. The standard InChI is InChI=1S/C14H25ClN4/c1-11-4-5-12(9-16-11)8-14-13(15)10-17-19(14)7-6-18(2)3/h10-12,16H,4-9H2,1-3H3. The van der Waals surface area contributed by atoms with Crippen LogP contribution in [0.1, 0.15) is 25.5 Å². The van der Waals surface area contributed by atoms with Crippen molar-refractivity contribution in [3.8, 4) is 0 Å². The zero-order valence-electron chi connectivity index (χ0n) is 12.2. The van der Waals surface area contributed by atoms with Crippen molar-refractivity contribution in [1.82, 2.24) is 20.0 Å². The van der Waals surface area contributed by atoms with E-state index in [2.05, 4.69) is 41.0 Å². The maximum Gasteiger partial charge on any atom is 0.0817 e. The predicted molar refractivity (Wildman–Crippen MR) is 79.7 cm³/mol. The van der Waals surface area contributed by atoms with Gasteiger partial charge in [0.15, 0.2) is 0 Å². The Hall–Kier alpha value is -0.580. The maximum absolute atomic E-state index is 6.29. The van der Waals surface area contributed by atoms with E-state index in [1.54, 1.807) is 6.20 Å². The molecule has 0 radical (unpaired) electrons. The molecule has 1 saturated heterocycles. The lowest BCUT2D eigenvalue weighted by Crippen LogP contribution is -2.37. The van der Waals surface area contributed by atoms with Crippen LogP contribution < -0.4 is 5.32 Å². The Bertz CT molecular complexity index is 394. The fourth-order valence-electron chi connectivity index (χ4n) is 2.58. The normalized spacial score (nSPS) is 24.1. The molecule has 2 unspecified atom stereocenters. The molecule has 108 valence electrons. The van der Waals surface area contributed by atoms with Gasteiger partial charge in [-0.2, -0.15) is 5.10 Å². The van der Waals surface area contributed by atoms with Gasteiger partial charge in [-0.25, -0.2) is 0 Å². The van der Waals surface area contributed by atoms with Crippen molar-refractivity contribution in [2.24, 2.45) is 5.92 Å². The van der Waals surface area contributed by atoms with E-state index in [9.17, 15) is 0 Å². The minimum atomic E-state index is 0.658. The summed E-state index contributed by atoms with van der Waals surface area (Å²) in [6, 6.07) is 0.658. The molecule has 0 spiro atoms. The molecule has 1 aliphatic heterocycles. The van der Waals surface area contributed by atoms with Crippen molar-refractivity contribution in [2.45, 2.75) is 38.8 Å². The van der Waals surface area contributed by atoms with Crippen molar-refractivity contribution in [2.75, 3.05) is 27.2 Å². The molecule has 5 heteroatoms. The fourth-order valence-corrected chi connectivity index (χ4v) is 2.80. The molecule has 2 rings (SSSR count). The lowest BCUT2D eigenvalue weighted by atomic mass is 9.91. The molecule has 1 aromatic rings. The highest BCUT2D eigenvalue weighted by atomic mass is 35.5.